The molecule has 2 fully saturated rings. The maximum atomic E-state index is 12.9. The topological polar surface area (TPSA) is 115 Å². The maximum Gasteiger partial charge on any atom is 0.274 e. The summed E-state index contributed by atoms with van der Waals surface area (Å²) in [6.07, 6.45) is 6.17. The highest BCUT2D eigenvalue weighted by molar-refractivity contribution is 6.00. The molecule has 0 saturated heterocycles. The normalized spacial score (nSPS) is 20.2. The summed E-state index contributed by atoms with van der Waals surface area (Å²) in [5, 5.41) is 13.4. The fourth-order valence-corrected chi connectivity index (χ4v) is 3.57. The first-order valence-corrected chi connectivity index (χ1v) is 9.97. The number of carbonyl (C=O) groups is 1. The number of methoxy groups -OCH3 is 1. The van der Waals surface area contributed by atoms with Gasteiger partial charge in [-0.25, -0.2) is 4.98 Å². The lowest BCUT2D eigenvalue weighted by atomic mass is 10.3. The molecule has 10 heteroatoms. The summed E-state index contributed by atoms with van der Waals surface area (Å²) in [4.78, 5) is 30.0. The second-order valence-electron chi connectivity index (χ2n) is 7.65. The lowest BCUT2D eigenvalue weighted by Gasteiger charge is -2.11. The van der Waals surface area contributed by atoms with Gasteiger partial charge in [-0.3, -0.25) is 9.59 Å². The summed E-state index contributed by atoms with van der Waals surface area (Å²) in [6, 6.07) is 5.57. The number of anilines is 3. The van der Waals surface area contributed by atoms with Gasteiger partial charge in [0.05, 0.1) is 18.3 Å². The van der Waals surface area contributed by atoms with Crippen molar-refractivity contribution in [3.63, 3.8) is 0 Å². The average molecular weight is 409 g/mol. The SMILES string of the molecule is CNc1cc(Nc2cccn([C@H]3C[C@@H]3OC)c2=O)nc2c(C(=O)NC3CC3)cnn12. The van der Waals surface area contributed by atoms with Gasteiger partial charge < -0.3 is 25.3 Å². The number of fused-ring (bicyclic) bond motifs is 1. The predicted octanol–water partition coefficient (Wildman–Crippen LogP) is 1.53. The number of ether oxygens (including phenoxy) is 1. The van der Waals surface area contributed by atoms with Crippen LogP contribution in [0.5, 0.6) is 0 Å². The molecule has 2 saturated carbocycles. The Labute approximate surface area is 172 Å². The predicted molar refractivity (Wildman–Crippen MR) is 111 cm³/mol. The molecule has 2 aliphatic rings. The van der Waals surface area contributed by atoms with Gasteiger partial charge in [0.2, 0.25) is 0 Å². The summed E-state index contributed by atoms with van der Waals surface area (Å²) in [5.41, 5.74) is 1.07. The number of pyridine rings is 1. The molecule has 0 unspecified atom stereocenters. The van der Waals surface area contributed by atoms with Crippen molar-refractivity contribution >= 4 is 28.9 Å². The summed E-state index contributed by atoms with van der Waals surface area (Å²) in [7, 11) is 3.41. The number of amides is 1. The molecule has 1 amide bonds. The van der Waals surface area contributed by atoms with E-state index in [4.69, 9.17) is 4.74 Å². The van der Waals surface area contributed by atoms with Crippen LogP contribution in [0.3, 0.4) is 0 Å². The molecule has 156 valence electrons. The van der Waals surface area contributed by atoms with E-state index in [1.54, 1.807) is 41.6 Å². The number of nitrogens with zero attached hydrogens (tertiary/aromatic N) is 4. The van der Waals surface area contributed by atoms with Gasteiger partial charge in [0, 0.05) is 32.5 Å². The van der Waals surface area contributed by atoms with E-state index < -0.39 is 0 Å². The minimum Gasteiger partial charge on any atom is -0.379 e. The van der Waals surface area contributed by atoms with Crippen molar-refractivity contribution in [3.8, 4) is 0 Å². The van der Waals surface area contributed by atoms with Gasteiger partial charge >= 0.3 is 0 Å². The Morgan fingerprint density at radius 2 is 2.17 bits per heavy atom. The van der Waals surface area contributed by atoms with Crippen LogP contribution in [0, 0.1) is 0 Å². The van der Waals surface area contributed by atoms with Crippen LogP contribution in [0.2, 0.25) is 0 Å². The molecular formula is C20H23N7O3. The number of carbonyl (C=O) groups excluding carboxylic acids is 1. The van der Waals surface area contributed by atoms with E-state index in [9.17, 15) is 9.59 Å². The van der Waals surface area contributed by atoms with Crippen molar-refractivity contribution in [1.29, 1.82) is 0 Å². The highest BCUT2D eigenvalue weighted by Crippen LogP contribution is 2.37. The van der Waals surface area contributed by atoms with Crippen LogP contribution in [0.25, 0.3) is 5.65 Å². The third-order valence-electron chi connectivity index (χ3n) is 5.48. The molecule has 5 rings (SSSR count). The lowest BCUT2D eigenvalue weighted by Crippen LogP contribution is -2.25. The zero-order chi connectivity index (χ0) is 20.8. The van der Waals surface area contributed by atoms with Gasteiger partial charge in [-0.1, -0.05) is 0 Å². The van der Waals surface area contributed by atoms with E-state index in [0.29, 0.717) is 28.5 Å². The number of nitrogens with one attached hydrogen (secondary N) is 3. The van der Waals surface area contributed by atoms with E-state index in [1.807, 2.05) is 6.07 Å². The molecule has 2 aliphatic carbocycles. The van der Waals surface area contributed by atoms with Crippen molar-refractivity contribution in [2.24, 2.45) is 0 Å². The van der Waals surface area contributed by atoms with Gasteiger partial charge in [-0.2, -0.15) is 9.61 Å². The smallest absolute Gasteiger partial charge is 0.274 e. The van der Waals surface area contributed by atoms with E-state index in [-0.39, 0.29) is 29.7 Å². The second kappa shape index (κ2) is 7.13. The van der Waals surface area contributed by atoms with Crippen LogP contribution >= 0.6 is 0 Å². The average Bonchev–Trinajstić information content (AvgIpc) is 3.67. The highest BCUT2D eigenvalue weighted by atomic mass is 16.5. The van der Waals surface area contributed by atoms with Gasteiger partial charge in [0.1, 0.15) is 22.9 Å². The van der Waals surface area contributed by atoms with Crippen LogP contribution in [-0.2, 0) is 4.74 Å². The Hall–Kier alpha value is -3.40. The zero-order valence-corrected chi connectivity index (χ0v) is 16.8. The fourth-order valence-electron chi connectivity index (χ4n) is 3.57. The standard InChI is InChI=1S/C20H23N7O3/c1-21-17-9-16(24-13-4-3-7-26(20(13)29)14-8-15(14)30-2)25-18-12(10-22-27(17)18)19(28)23-11-5-6-11/h3-4,7,9-11,14-15,21H,5-6,8H2,1-2H3,(H,23,28)(H,24,25)/t14-,15-/m0/s1. The molecule has 10 nitrogen and oxygen atoms in total. The van der Waals surface area contributed by atoms with E-state index in [0.717, 1.165) is 19.3 Å². The van der Waals surface area contributed by atoms with Gasteiger partial charge in [-0.15, -0.1) is 0 Å². The molecule has 0 spiro atoms. The molecule has 3 N–H and O–H groups in total. The zero-order valence-electron chi connectivity index (χ0n) is 16.8. The molecule has 3 aromatic rings. The third-order valence-corrected chi connectivity index (χ3v) is 5.48. The highest BCUT2D eigenvalue weighted by Gasteiger charge is 2.39. The van der Waals surface area contributed by atoms with Crippen LogP contribution in [-0.4, -0.2) is 51.4 Å². The third kappa shape index (κ3) is 3.28. The monoisotopic (exact) mass is 409 g/mol. The fraction of sp³-hybridized carbons (Fsp3) is 0.400. The lowest BCUT2D eigenvalue weighted by molar-refractivity contribution is 0.0952. The van der Waals surface area contributed by atoms with E-state index in [2.05, 4.69) is 26.0 Å². The molecule has 2 atom stereocenters. The molecule has 0 aromatic carbocycles. The Balaban J connectivity index is 1.49. The summed E-state index contributed by atoms with van der Waals surface area (Å²) in [5.74, 6) is 0.897. The quantitative estimate of drug-likeness (QED) is 0.542. The minimum absolute atomic E-state index is 0.0557. The van der Waals surface area contributed by atoms with Crippen LogP contribution < -0.4 is 21.5 Å². The van der Waals surface area contributed by atoms with E-state index >= 15 is 0 Å². The van der Waals surface area contributed by atoms with E-state index in [1.165, 1.54) is 6.20 Å². The first kappa shape index (κ1) is 18.6. The maximum absolute atomic E-state index is 12.9. The van der Waals surface area contributed by atoms with Crippen molar-refractivity contribution in [1.82, 2.24) is 24.5 Å². The van der Waals surface area contributed by atoms with Crippen LogP contribution in [0.4, 0.5) is 17.3 Å². The molecule has 3 aromatic heterocycles. The van der Waals surface area contributed by atoms with Crippen molar-refractivity contribution in [2.75, 3.05) is 24.8 Å². The molecule has 0 radical (unpaired) electrons. The molecular weight excluding hydrogens is 386 g/mol. The Bertz CT molecular complexity index is 1180. The van der Waals surface area contributed by atoms with Crippen molar-refractivity contribution in [3.05, 3.63) is 46.5 Å². The second-order valence-corrected chi connectivity index (χ2v) is 7.65. The number of hydrogen-bond acceptors (Lipinski definition) is 7. The summed E-state index contributed by atoms with van der Waals surface area (Å²) < 4.78 is 8.58. The molecule has 3 heterocycles. The largest absolute Gasteiger partial charge is 0.379 e. The number of rotatable bonds is 7. The Morgan fingerprint density at radius 1 is 1.33 bits per heavy atom. The minimum atomic E-state index is -0.194. The van der Waals surface area contributed by atoms with Crippen molar-refractivity contribution in [2.45, 2.75) is 37.5 Å². The molecule has 30 heavy (non-hydrogen) atoms. The number of hydrogen-bond donors (Lipinski definition) is 3. The van der Waals surface area contributed by atoms with Crippen molar-refractivity contribution < 1.29 is 9.53 Å². The molecule has 0 aliphatic heterocycles. The van der Waals surface area contributed by atoms with Crippen LogP contribution in [0.1, 0.15) is 35.7 Å². The van der Waals surface area contributed by atoms with Gasteiger partial charge in [0.15, 0.2) is 5.65 Å². The Kier molecular flexibility index (Phi) is 4.43. The van der Waals surface area contributed by atoms with Gasteiger partial charge in [-0.05, 0) is 31.4 Å². The molecule has 0 bridgehead atoms. The Morgan fingerprint density at radius 3 is 2.87 bits per heavy atom. The summed E-state index contributed by atoms with van der Waals surface area (Å²) >= 11 is 0. The van der Waals surface area contributed by atoms with Crippen LogP contribution in [0.15, 0.2) is 35.4 Å². The van der Waals surface area contributed by atoms with Gasteiger partial charge in [0.25, 0.3) is 11.5 Å². The summed E-state index contributed by atoms with van der Waals surface area (Å²) in [6.45, 7) is 0. The first-order chi connectivity index (χ1) is 14.6. The number of aromatic nitrogens is 4. The first-order valence-electron chi connectivity index (χ1n) is 9.97.